The van der Waals surface area contributed by atoms with E-state index in [1.54, 1.807) is 12.1 Å². The van der Waals surface area contributed by atoms with Crippen LogP contribution in [0.15, 0.2) is 42.5 Å². The number of amides is 1. The lowest BCUT2D eigenvalue weighted by Gasteiger charge is -2.43. The molecule has 8 nitrogen and oxygen atoms in total. The van der Waals surface area contributed by atoms with Crippen LogP contribution in [0.4, 0.5) is 0 Å². The van der Waals surface area contributed by atoms with E-state index in [0.717, 1.165) is 5.56 Å². The number of carboxylic acid groups (broad SMARTS) is 1. The fraction of sp³-hybridized carbons (Fsp3) is 0.381. The van der Waals surface area contributed by atoms with Crippen LogP contribution < -0.4 is 9.47 Å². The molecular weight excluding hydrogens is 376 g/mol. The van der Waals surface area contributed by atoms with Gasteiger partial charge in [-0.2, -0.15) is 4.98 Å². The molecule has 29 heavy (non-hydrogen) atoms. The number of hydrogen-bond donors (Lipinski definition) is 2. The SMILES string of the molecule is COc1ccc(C(=O)N2CC[C@](Cc3ccccc3)(C(=O)O)[C@H](O)C2)c(OC)n1. The molecule has 1 aliphatic rings. The summed E-state index contributed by atoms with van der Waals surface area (Å²) < 4.78 is 10.2. The zero-order valence-electron chi connectivity index (χ0n) is 16.4. The minimum atomic E-state index is -1.35. The van der Waals surface area contributed by atoms with Gasteiger partial charge in [0.25, 0.3) is 5.91 Å². The first-order valence-electron chi connectivity index (χ1n) is 9.25. The molecule has 1 amide bonds. The van der Waals surface area contributed by atoms with Crippen LogP contribution in [0.25, 0.3) is 0 Å². The first-order valence-corrected chi connectivity index (χ1v) is 9.25. The molecule has 2 aromatic rings. The van der Waals surface area contributed by atoms with Crippen LogP contribution in [0.3, 0.4) is 0 Å². The molecule has 1 aromatic heterocycles. The Kier molecular flexibility index (Phi) is 6.03. The smallest absolute Gasteiger partial charge is 0.312 e. The van der Waals surface area contributed by atoms with Crippen molar-refractivity contribution >= 4 is 11.9 Å². The highest BCUT2D eigenvalue weighted by molar-refractivity contribution is 5.96. The van der Waals surface area contributed by atoms with Crippen LogP contribution in [0.1, 0.15) is 22.3 Å². The van der Waals surface area contributed by atoms with Crippen LogP contribution in [-0.4, -0.2) is 65.4 Å². The molecule has 0 bridgehead atoms. The number of β-amino-alcohol motifs (C(OH)–C–C–N with tert-alkyl or cyclic N) is 1. The summed E-state index contributed by atoms with van der Waals surface area (Å²) in [4.78, 5) is 30.6. The lowest BCUT2D eigenvalue weighted by molar-refractivity contribution is -0.161. The Hall–Kier alpha value is -3.13. The summed E-state index contributed by atoms with van der Waals surface area (Å²) in [6.07, 6.45) is -0.884. The molecule has 2 atom stereocenters. The first-order chi connectivity index (χ1) is 13.9. The van der Waals surface area contributed by atoms with Crippen molar-refractivity contribution in [2.45, 2.75) is 18.9 Å². The molecule has 1 fully saturated rings. The fourth-order valence-corrected chi connectivity index (χ4v) is 3.68. The molecule has 3 rings (SSSR count). The fourth-order valence-electron chi connectivity index (χ4n) is 3.68. The Morgan fingerprint density at radius 2 is 1.90 bits per heavy atom. The average molecular weight is 400 g/mol. The Morgan fingerprint density at radius 1 is 1.17 bits per heavy atom. The molecule has 154 valence electrons. The maximum absolute atomic E-state index is 13.0. The Labute approximate surface area is 168 Å². The van der Waals surface area contributed by atoms with Gasteiger partial charge in [-0.3, -0.25) is 9.59 Å². The number of aliphatic carboxylic acids is 1. The summed E-state index contributed by atoms with van der Waals surface area (Å²) in [5.41, 5.74) is -0.290. The number of rotatable bonds is 6. The number of aliphatic hydroxyl groups excluding tert-OH is 1. The van der Waals surface area contributed by atoms with E-state index in [4.69, 9.17) is 9.47 Å². The van der Waals surface area contributed by atoms with Crippen LogP contribution in [0.5, 0.6) is 11.8 Å². The highest BCUT2D eigenvalue weighted by atomic mass is 16.5. The van der Waals surface area contributed by atoms with Crippen molar-refractivity contribution in [2.75, 3.05) is 27.3 Å². The predicted molar refractivity (Wildman–Crippen MR) is 104 cm³/mol. The molecule has 1 aliphatic heterocycles. The zero-order valence-corrected chi connectivity index (χ0v) is 16.4. The van der Waals surface area contributed by atoms with Crippen molar-refractivity contribution in [2.24, 2.45) is 5.41 Å². The predicted octanol–water partition coefficient (Wildman–Crippen LogP) is 1.62. The lowest BCUT2D eigenvalue weighted by atomic mass is 9.71. The summed E-state index contributed by atoms with van der Waals surface area (Å²) in [6, 6.07) is 12.3. The molecule has 0 saturated carbocycles. The number of likely N-dealkylation sites (tertiary alicyclic amines) is 1. The van der Waals surface area contributed by atoms with Gasteiger partial charge in [0.05, 0.1) is 20.3 Å². The number of aliphatic hydroxyl groups is 1. The van der Waals surface area contributed by atoms with Gasteiger partial charge in [0.2, 0.25) is 11.8 Å². The van der Waals surface area contributed by atoms with Gasteiger partial charge in [-0.05, 0) is 24.5 Å². The number of carbonyl (C=O) groups excluding carboxylic acids is 1. The van der Waals surface area contributed by atoms with E-state index in [-0.39, 0.29) is 43.3 Å². The highest BCUT2D eigenvalue weighted by Gasteiger charge is 2.49. The molecule has 0 spiro atoms. The van der Waals surface area contributed by atoms with Gasteiger partial charge in [-0.15, -0.1) is 0 Å². The summed E-state index contributed by atoms with van der Waals surface area (Å²) in [5, 5.41) is 20.7. The van der Waals surface area contributed by atoms with Crippen molar-refractivity contribution in [3.05, 3.63) is 53.6 Å². The summed E-state index contributed by atoms with van der Waals surface area (Å²) >= 11 is 0. The number of nitrogens with zero attached hydrogens (tertiary/aromatic N) is 2. The highest BCUT2D eigenvalue weighted by Crippen LogP contribution is 2.37. The lowest BCUT2D eigenvalue weighted by Crippen LogP contribution is -2.57. The second-order valence-electron chi connectivity index (χ2n) is 7.05. The molecule has 1 saturated heterocycles. The van der Waals surface area contributed by atoms with E-state index >= 15 is 0 Å². The van der Waals surface area contributed by atoms with Crippen LogP contribution in [-0.2, 0) is 11.2 Å². The maximum Gasteiger partial charge on any atom is 0.312 e. The molecule has 1 aromatic carbocycles. The number of benzene rings is 1. The number of aromatic nitrogens is 1. The monoisotopic (exact) mass is 400 g/mol. The first kappa shape index (κ1) is 20.6. The third kappa shape index (κ3) is 4.02. The van der Waals surface area contributed by atoms with Gasteiger partial charge in [0.15, 0.2) is 0 Å². The third-order valence-corrected chi connectivity index (χ3v) is 5.40. The van der Waals surface area contributed by atoms with E-state index < -0.39 is 17.5 Å². The van der Waals surface area contributed by atoms with Crippen LogP contribution >= 0.6 is 0 Å². The van der Waals surface area contributed by atoms with E-state index in [9.17, 15) is 19.8 Å². The summed E-state index contributed by atoms with van der Waals surface area (Å²) in [6.45, 7) is 0.108. The Balaban J connectivity index is 1.81. The number of carboxylic acids is 1. The third-order valence-electron chi connectivity index (χ3n) is 5.40. The quantitative estimate of drug-likeness (QED) is 0.758. The zero-order chi connectivity index (χ0) is 21.0. The van der Waals surface area contributed by atoms with Crippen molar-refractivity contribution in [3.8, 4) is 11.8 Å². The minimum Gasteiger partial charge on any atom is -0.481 e. The van der Waals surface area contributed by atoms with Gasteiger partial charge in [0, 0.05) is 19.2 Å². The maximum atomic E-state index is 13.0. The summed E-state index contributed by atoms with van der Waals surface area (Å²) in [5.74, 6) is -1.02. The number of methoxy groups -OCH3 is 2. The molecular formula is C21H24N2O6. The number of pyridine rings is 1. The Morgan fingerprint density at radius 3 is 2.48 bits per heavy atom. The van der Waals surface area contributed by atoms with Gasteiger partial charge in [0.1, 0.15) is 11.0 Å². The molecule has 0 unspecified atom stereocenters. The normalized spacial score (nSPS) is 21.5. The van der Waals surface area contributed by atoms with E-state index in [1.807, 2.05) is 30.3 Å². The molecule has 8 heteroatoms. The van der Waals surface area contributed by atoms with Gasteiger partial charge >= 0.3 is 5.97 Å². The van der Waals surface area contributed by atoms with E-state index in [0.29, 0.717) is 5.88 Å². The van der Waals surface area contributed by atoms with Gasteiger partial charge < -0.3 is 24.6 Å². The second-order valence-corrected chi connectivity index (χ2v) is 7.05. The molecule has 0 radical (unpaired) electrons. The van der Waals surface area contributed by atoms with Crippen molar-refractivity contribution < 1.29 is 29.3 Å². The van der Waals surface area contributed by atoms with E-state index in [1.165, 1.54) is 19.1 Å². The van der Waals surface area contributed by atoms with Crippen molar-refractivity contribution in [3.63, 3.8) is 0 Å². The topological polar surface area (TPSA) is 109 Å². The molecule has 2 heterocycles. The number of ether oxygens (including phenoxy) is 2. The Bertz CT molecular complexity index is 888. The second kappa shape index (κ2) is 8.48. The van der Waals surface area contributed by atoms with Crippen molar-refractivity contribution in [1.29, 1.82) is 0 Å². The summed E-state index contributed by atoms with van der Waals surface area (Å²) in [7, 11) is 2.86. The number of hydrogen-bond acceptors (Lipinski definition) is 6. The van der Waals surface area contributed by atoms with Crippen LogP contribution in [0, 0.1) is 5.41 Å². The average Bonchev–Trinajstić information content (AvgIpc) is 2.74. The number of carbonyl (C=O) groups is 2. The van der Waals surface area contributed by atoms with Crippen LogP contribution in [0.2, 0.25) is 0 Å². The van der Waals surface area contributed by atoms with Gasteiger partial charge in [-0.25, -0.2) is 0 Å². The molecule has 0 aliphatic carbocycles. The van der Waals surface area contributed by atoms with E-state index in [2.05, 4.69) is 4.98 Å². The van der Waals surface area contributed by atoms with Crippen molar-refractivity contribution in [1.82, 2.24) is 9.88 Å². The minimum absolute atomic E-state index is 0.0901. The molecule has 2 N–H and O–H groups in total. The standard InChI is InChI=1S/C21H24N2O6/c1-28-17-9-8-15(18(22-17)29-2)19(25)23-11-10-21(20(26)27,16(24)13-23)12-14-6-4-3-5-7-14/h3-9,16,24H,10-13H2,1-2H3,(H,26,27)/t16-,21-/m1/s1. The van der Waals surface area contributed by atoms with Gasteiger partial charge in [-0.1, -0.05) is 30.3 Å². The largest absolute Gasteiger partial charge is 0.481 e. The number of piperidine rings is 1.